The first-order valence-electron chi connectivity index (χ1n) is 3.93. The van der Waals surface area contributed by atoms with Gasteiger partial charge < -0.3 is 0 Å². The summed E-state index contributed by atoms with van der Waals surface area (Å²) in [7, 11) is 0. The van der Waals surface area contributed by atoms with Gasteiger partial charge in [0.25, 0.3) is 0 Å². The van der Waals surface area contributed by atoms with E-state index in [4.69, 9.17) is 0 Å². The van der Waals surface area contributed by atoms with Gasteiger partial charge in [-0.3, -0.25) is 4.99 Å². The molecule has 1 heterocycles. The van der Waals surface area contributed by atoms with E-state index >= 15 is 0 Å². The molecule has 4 heteroatoms. The van der Waals surface area contributed by atoms with Gasteiger partial charge in [-0.25, -0.2) is 0 Å². The Kier molecular flexibility index (Phi) is 3.64. The molecule has 1 aromatic rings. The highest BCUT2D eigenvalue weighted by molar-refractivity contribution is 8.52. The van der Waals surface area contributed by atoms with E-state index in [-0.39, 0.29) is 0 Å². The molecule has 0 spiro atoms. The lowest BCUT2D eigenvalue weighted by Gasteiger charge is -2.12. The van der Waals surface area contributed by atoms with E-state index in [1.165, 1.54) is 14.4 Å². The molecule has 0 amide bonds. The monoisotopic (exact) mass is 227 g/mol. The lowest BCUT2D eigenvalue weighted by Crippen LogP contribution is -1.98. The van der Waals surface area contributed by atoms with Gasteiger partial charge in [-0.2, -0.15) is 0 Å². The molecule has 0 unspecified atom stereocenters. The molecule has 1 aliphatic heterocycles. The van der Waals surface area contributed by atoms with Gasteiger partial charge in [0, 0.05) is 4.90 Å². The third kappa shape index (κ3) is 2.97. The van der Waals surface area contributed by atoms with Gasteiger partial charge in [-0.15, -0.1) is 11.8 Å². The van der Waals surface area contributed by atoms with Crippen molar-refractivity contribution in [2.24, 2.45) is 4.99 Å². The molecule has 0 atom stereocenters. The minimum Gasteiger partial charge on any atom is -0.260 e. The molecule has 68 valence electrons. The molecule has 13 heavy (non-hydrogen) atoms. The van der Waals surface area contributed by atoms with Gasteiger partial charge in [-0.05, 0) is 12.1 Å². The van der Waals surface area contributed by atoms with Gasteiger partial charge in [0.2, 0.25) is 0 Å². The molecule has 2 rings (SSSR count). The Morgan fingerprint density at radius 1 is 1.23 bits per heavy atom. The number of benzene rings is 1. The normalized spacial score (nSPS) is 15.2. The lowest BCUT2D eigenvalue weighted by molar-refractivity contribution is 1.37. The van der Waals surface area contributed by atoms with Crippen molar-refractivity contribution in [1.82, 2.24) is 0 Å². The molecule has 0 aromatic heterocycles. The standard InChI is InChI=1S/C9H9NS3/c1-2-4-8(5-3-1)11-6-10-9-12-7-13-9/h1-5H,6-7H2. The number of thioether (sulfide) groups is 3. The van der Waals surface area contributed by atoms with Crippen LogP contribution >= 0.6 is 35.3 Å². The zero-order valence-electron chi connectivity index (χ0n) is 6.97. The smallest absolute Gasteiger partial charge is 0.127 e. The van der Waals surface area contributed by atoms with E-state index in [1.54, 1.807) is 11.8 Å². The highest BCUT2D eigenvalue weighted by Crippen LogP contribution is 2.33. The van der Waals surface area contributed by atoms with Crippen molar-refractivity contribution in [1.29, 1.82) is 0 Å². The summed E-state index contributed by atoms with van der Waals surface area (Å²) in [6.45, 7) is 0. The predicted octanol–water partition coefficient (Wildman–Crippen LogP) is 3.53. The van der Waals surface area contributed by atoms with Crippen molar-refractivity contribution in [2.75, 3.05) is 11.0 Å². The van der Waals surface area contributed by atoms with E-state index in [0.717, 1.165) is 5.88 Å². The Labute approximate surface area is 90.8 Å². The van der Waals surface area contributed by atoms with E-state index in [9.17, 15) is 0 Å². The summed E-state index contributed by atoms with van der Waals surface area (Å²) in [5.41, 5.74) is 0. The molecule has 0 saturated carbocycles. The lowest BCUT2D eigenvalue weighted by atomic mass is 10.4. The van der Waals surface area contributed by atoms with E-state index in [1.807, 2.05) is 29.6 Å². The zero-order valence-corrected chi connectivity index (χ0v) is 9.42. The summed E-state index contributed by atoms with van der Waals surface area (Å²) in [5, 5.41) is 1.18. The number of aliphatic imine (C=N–C) groups is 1. The van der Waals surface area contributed by atoms with Crippen LogP contribution in [0.2, 0.25) is 0 Å². The zero-order chi connectivity index (χ0) is 8.93. The van der Waals surface area contributed by atoms with Crippen LogP contribution in [0.4, 0.5) is 0 Å². The third-order valence-electron chi connectivity index (χ3n) is 1.53. The molecule has 1 saturated heterocycles. The Morgan fingerprint density at radius 2 is 2.00 bits per heavy atom. The minimum atomic E-state index is 0.847. The fourth-order valence-corrected chi connectivity index (χ4v) is 2.94. The van der Waals surface area contributed by atoms with Crippen LogP contribution in [0.3, 0.4) is 0 Å². The van der Waals surface area contributed by atoms with E-state index in [0.29, 0.717) is 0 Å². The maximum absolute atomic E-state index is 4.43. The predicted molar refractivity (Wildman–Crippen MR) is 64.7 cm³/mol. The second-order valence-corrected chi connectivity index (χ2v) is 5.99. The van der Waals surface area contributed by atoms with Gasteiger partial charge >= 0.3 is 0 Å². The quantitative estimate of drug-likeness (QED) is 0.733. The second-order valence-electron chi connectivity index (χ2n) is 2.42. The Morgan fingerprint density at radius 3 is 2.62 bits per heavy atom. The molecule has 0 aliphatic carbocycles. The second kappa shape index (κ2) is 4.98. The van der Waals surface area contributed by atoms with Gasteiger partial charge in [0.15, 0.2) is 0 Å². The highest BCUT2D eigenvalue weighted by atomic mass is 32.3. The molecule has 1 aromatic carbocycles. The number of hydrogen-bond acceptors (Lipinski definition) is 4. The van der Waals surface area contributed by atoms with Gasteiger partial charge in [0.1, 0.15) is 4.38 Å². The molecule has 1 aliphatic rings. The van der Waals surface area contributed by atoms with Crippen LogP contribution < -0.4 is 0 Å². The van der Waals surface area contributed by atoms with Gasteiger partial charge in [-0.1, -0.05) is 41.7 Å². The summed E-state index contributed by atoms with van der Waals surface area (Å²) < 4.78 is 1.24. The number of hydrogen-bond donors (Lipinski definition) is 0. The summed E-state index contributed by atoms with van der Waals surface area (Å²) in [5.74, 6) is 0.847. The fourth-order valence-electron chi connectivity index (χ4n) is 0.879. The van der Waals surface area contributed by atoms with E-state index < -0.39 is 0 Å². The third-order valence-corrected chi connectivity index (χ3v) is 4.80. The Balaban J connectivity index is 1.79. The van der Waals surface area contributed by atoms with Crippen LogP contribution in [0.25, 0.3) is 0 Å². The first-order valence-corrected chi connectivity index (χ1v) is 6.89. The van der Waals surface area contributed by atoms with Crippen LogP contribution in [0.5, 0.6) is 0 Å². The van der Waals surface area contributed by atoms with Crippen LogP contribution in [0.1, 0.15) is 0 Å². The van der Waals surface area contributed by atoms with E-state index in [2.05, 4.69) is 29.3 Å². The van der Waals surface area contributed by atoms with Crippen molar-refractivity contribution in [2.45, 2.75) is 4.90 Å². The molecular formula is C9H9NS3. The van der Waals surface area contributed by atoms with Crippen LogP contribution in [-0.4, -0.2) is 15.3 Å². The van der Waals surface area contributed by atoms with Crippen molar-refractivity contribution in [3.63, 3.8) is 0 Å². The topological polar surface area (TPSA) is 12.4 Å². The molecule has 1 nitrogen and oxygen atoms in total. The average molecular weight is 227 g/mol. The summed E-state index contributed by atoms with van der Waals surface area (Å²) in [6.07, 6.45) is 0. The van der Waals surface area contributed by atoms with Crippen LogP contribution in [0, 0.1) is 0 Å². The maximum Gasteiger partial charge on any atom is 0.127 e. The van der Waals surface area contributed by atoms with Crippen molar-refractivity contribution >= 4 is 39.7 Å². The first-order chi connectivity index (χ1) is 6.45. The Hall–Kier alpha value is -0.0600. The molecular weight excluding hydrogens is 218 g/mol. The Bertz CT molecular complexity index is 291. The van der Waals surface area contributed by atoms with Crippen molar-refractivity contribution in [3.8, 4) is 0 Å². The largest absolute Gasteiger partial charge is 0.260 e. The molecule has 0 N–H and O–H groups in total. The first kappa shape index (κ1) is 9.49. The van der Waals surface area contributed by atoms with Crippen LogP contribution in [0.15, 0.2) is 40.2 Å². The van der Waals surface area contributed by atoms with Gasteiger partial charge in [0.05, 0.1) is 11.0 Å². The number of rotatable bonds is 3. The maximum atomic E-state index is 4.43. The number of nitrogens with zero attached hydrogens (tertiary/aromatic N) is 1. The minimum absolute atomic E-state index is 0.847. The fraction of sp³-hybridized carbons (Fsp3) is 0.222. The highest BCUT2D eigenvalue weighted by Gasteiger charge is 2.10. The van der Waals surface area contributed by atoms with Crippen molar-refractivity contribution < 1.29 is 0 Å². The summed E-state index contributed by atoms with van der Waals surface area (Å²) >= 11 is 5.46. The van der Waals surface area contributed by atoms with Crippen molar-refractivity contribution in [3.05, 3.63) is 30.3 Å². The molecule has 0 radical (unpaired) electrons. The SMILES string of the molecule is c1ccc(SCN=C2SCS2)cc1. The average Bonchev–Trinajstić information content (AvgIpc) is 2.11. The summed E-state index contributed by atoms with van der Waals surface area (Å²) in [4.78, 5) is 5.72. The van der Waals surface area contributed by atoms with Crippen LogP contribution in [-0.2, 0) is 0 Å². The summed E-state index contributed by atoms with van der Waals surface area (Å²) in [6, 6.07) is 10.4. The molecule has 0 bridgehead atoms. The molecule has 1 fully saturated rings.